The zero-order valence-electron chi connectivity index (χ0n) is 12.2. The molecular formula is C16H8Cl2F3N3O. The fraction of sp³-hybridized carbons (Fsp3) is 0. The van der Waals surface area contributed by atoms with Crippen LogP contribution < -0.4 is 10.6 Å². The third-order valence-electron chi connectivity index (χ3n) is 2.95. The number of benzene rings is 2. The van der Waals surface area contributed by atoms with E-state index >= 15 is 0 Å². The summed E-state index contributed by atoms with van der Waals surface area (Å²) in [6, 6.07) is 7.52. The number of anilines is 2. The Balaban J connectivity index is 2.19. The van der Waals surface area contributed by atoms with Gasteiger partial charge in [-0.1, -0.05) is 23.2 Å². The lowest BCUT2D eigenvalue weighted by Gasteiger charge is -2.08. The highest BCUT2D eigenvalue weighted by Crippen LogP contribution is 2.26. The van der Waals surface area contributed by atoms with Crippen LogP contribution in [0.4, 0.5) is 24.5 Å². The number of hydrogen-bond donors (Lipinski definition) is 2. The van der Waals surface area contributed by atoms with E-state index in [-0.39, 0.29) is 10.7 Å². The molecular weight excluding hydrogens is 378 g/mol. The third-order valence-corrected chi connectivity index (χ3v) is 3.50. The number of carbonyl (C=O) groups excluding carboxylic acids is 1. The molecule has 2 rings (SSSR count). The van der Waals surface area contributed by atoms with Gasteiger partial charge in [-0.05, 0) is 30.3 Å². The predicted octanol–water partition coefficient (Wildman–Crippen LogP) is 4.87. The van der Waals surface area contributed by atoms with Gasteiger partial charge in [0, 0.05) is 11.2 Å². The van der Waals surface area contributed by atoms with Gasteiger partial charge in [0.15, 0.2) is 17.5 Å². The summed E-state index contributed by atoms with van der Waals surface area (Å²) in [4.78, 5) is 12.0. The van der Waals surface area contributed by atoms with Gasteiger partial charge < -0.3 is 10.6 Å². The zero-order valence-corrected chi connectivity index (χ0v) is 13.7. The Morgan fingerprint density at radius 2 is 1.76 bits per heavy atom. The summed E-state index contributed by atoms with van der Waals surface area (Å²) in [5.74, 6) is -5.35. The Bertz CT molecular complexity index is 910. The summed E-state index contributed by atoms with van der Waals surface area (Å²) in [5, 5.41) is 14.2. The minimum absolute atomic E-state index is 0.151. The number of carbonyl (C=O) groups is 1. The molecule has 0 spiro atoms. The van der Waals surface area contributed by atoms with Gasteiger partial charge in [-0.25, -0.2) is 13.2 Å². The molecule has 0 unspecified atom stereocenters. The highest BCUT2D eigenvalue weighted by Gasteiger charge is 2.15. The van der Waals surface area contributed by atoms with Crippen molar-refractivity contribution in [2.45, 2.75) is 0 Å². The molecule has 2 aromatic rings. The van der Waals surface area contributed by atoms with Crippen LogP contribution in [0.3, 0.4) is 0 Å². The van der Waals surface area contributed by atoms with Crippen LogP contribution >= 0.6 is 23.2 Å². The monoisotopic (exact) mass is 385 g/mol. The number of halogens is 5. The van der Waals surface area contributed by atoms with Gasteiger partial charge in [0.1, 0.15) is 11.6 Å². The maximum absolute atomic E-state index is 13.5. The van der Waals surface area contributed by atoms with E-state index < -0.39 is 34.6 Å². The van der Waals surface area contributed by atoms with Crippen molar-refractivity contribution in [3.63, 3.8) is 0 Å². The van der Waals surface area contributed by atoms with Crippen LogP contribution in [0.2, 0.25) is 10.0 Å². The van der Waals surface area contributed by atoms with Gasteiger partial charge in [0.05, 0.1) is 16.4 Å². The van der Waals surface area contributed by atoms with Gasteiger partial charge in [0.2, 0.25) is 0 Å². The summed E-state index contributed by atoms with van der Waals surface area (Å²) in [6.07, 6.45) is 0.856. The van der Waals surface area contributed by atoms with Crippen LogP contribution in [0.15, 0.2) is 42.1 Å². The molecule has 2 N–H and O–H groups in total. The highest BCUT2D eigenvalue weighted by atomic mass is 35.5. The second-order valence-electron chi connectivity index (χ2n) is 4.62. The fourth-order valence-corrected chi connectivity index (χ4v) is 2.17. The molecule has 0 fully saturated rings. The highest BCUT2D eigenvalue weighted by molar-refractivity contribution is 6.36. The lowest BCUT2D eigenvalue weighted by atomic mass is 10.2. The molecule has 9 heteroatoms. The Kier molecular flexibility index (Phi) is 5.91. The van der Waals surface area contributed by atoms with E-state index in [4.69, 9.17) is 28.5 Å². The number of amides is 1. The topological polar surface area (TPSA) is 64.9 Å². The Labute approximate surface area is 150 Å². The van der Waals surface area contributed by atoms with Crippen LogP contribution in [-0.4, -0.2) is 5.91 Å². The van der Waals surface area contributed by atoms with Crippen molar-refractivity contribution >= 4 is 40.5 Å². The number of hydrogen-bond acceptors (Lipinski definition) is 3. The lowest BCUT2D eigenvalue weighted by molar-refractivity contribution is -0.112. The molecule has 0 radical (unpaired) electrons. The molecule has 0 aliphatic rings. The summed E-state index contributed by atoms with van der Waals surface area (Å²) >= 11 is 11.6. The maximum atomic E-state index is 13.5. The first-order valence-electron chi connectivity index (χ1n) is 6.60. The molecule has 4 nitrogen and oxygen atoms in total. The average Bonchev–Trinajstić information content (AvgIpc) is 2.57. The van der Waals surface area contributed by atoms with Crippen LogP contribution in [0, 0.1) is 28.8 Å². The van der Waals surface area contributed by atoms with E-state index in [1.807, 2.05) is 0 Å². The van der Waals surface area contributed by atoms with Crippen LogP contribution in [0.1, 0.15) is 0 Å². The van der Waals surface area contributed by atoms with Crippen molar-refractivity contribution in [2.75, 3.05) is 10.6 Å². The van der Waals surface area contributed by atoms with Crippen molar-refractivity contribution in [1.29, 1.82) is 5.26 Å². The Morgan fingerprint density at radius 1 is 1.08 bits per heavy atom. The molecule has 0 aromatic heterocycles. The Hall–Kier alpha value is -2.69. The first kappa shape index (κ1) is 18.6. The van der Waals surface area contributed by atoms with Crippen molar-refractivity contribution in [3.8, 4) is 6.07 Å². The normalized spacial score (nSPS) is 11.0. The van der Waals surface area contributed by atoms with Crippen LogP contribution in [0.5, 0.6) is 0 Å². The van der Waals surface area contributed by atoms with Gasteiger partial charge in [0.25, 0.3) is 5.91 Å². The van der Waals surface area contributed by atoms with E-state index in [1.165, 1.54) is 18.2 Å². The quantitative estimate of drug-likeness (QED) is 0.448. The molecule has 0 bridgehead atoms. The van der Waals surface area contributed by atoms with Crippen LogP contribution in [-0.2, 0) is 4.79 Å². The molecule has 2 aromatic carbocycles. The number of nitriles is 1. The molecule has 0 atom stereocenters. The molecule has 0 aliphatic heterocycles. The van der Waals surface area contributed by atoms with E-state index in [2.05, 4.69) is 10.6 Å². The van der Waals surface area contributed by atoms with E-state index in [0.717, 1.165) is 12.3 Å². The largest absolute Gasteiger partial charge is 0.358 e. The molecule has 128 valence electrons. The molecule has 0 saturated carbocycles. The van der Waals surface area contributed by atoms with Crippen molar-refractivity contribution in [2.24, 2.45) is 0 Å². The summed E-state index contributed by atoms with van der Waals surface area (Å²) in [5.41, 5.74) is -0.685. The first-order valence-corrected chi connectivity index (χ1v) is 7.35. The summed E-state index contributed by atoms with van der Waals surface area (Å²) in [6.45, 7) is 0. The van der Waals surface area contributed by atoms with E-state index in [9.17, 15) is 18.0 Å². The third kappa shape index (κ3) is 4.44. The summed E-state index contributed by atoms with van der Waals surface area (Å²) in [7, 11) is 0. The van der Waals surface area contributed by atoms with Gasteiger partial charge in [-0.15, -0.1) is 0 Å². The number of nitrogens with one attached hydrogen (secondary N) is 2. The molecule has 1 amide bonds. The number of nitrogens with zero attached hydrogens (tertiary/aromatic N) is 1. The standard InChI is InChI=1S/C16H8Cl2F3N3O/c17-9-1-3-12(10(18)5-9)24-16(25)8(6-22)7-23-13-4-2-11(19)14(20)15(13)21/h1-5,7,23H,(H,24,25)/b8-7-. The van der Waals surface area contributed by atoms with E-state index in [1.54, 1.807) is 6.07 Å². The lowest BCUT2D eigenvalue weighted by Crippen LogP contribution is -2.15. The molecule has 0 aliphatic carbocycles. The zero-order chi connectivity index (χ0) is 18.6. The van der Waals surface area contributed by atoms with Crippen LogP contribution in [0.25, 0.3) is 0 Å². The fourth-order valence-electron chi connectivity index (χ4n) is 1.72. The predicted molar refractivity (Wildman–Crippen MR) is 88.7 cm³/mol. The second-order valence-corrected chi connectivity index (χ2v) is 5.46. The van der Waals surface area contributed by atoms with Gasteiger partial charge in [-0.2, -0.15) is 5.26 Å². The average molecular weight is 386 g/mol. The summed E-state index contributed by atoms with van der Waals surface area (Å²) < 4.78 is 39.5. The molecule has 25 heavy (non-hydrogen) atoms. The SMILES string of the molecule is N#C/C(=C/Nc1ccc(F)c(F)c1F)C(=O)Nc1ccc(Cl)cc1Cl. The van der Waals surface area contributed by atoms with Crippen molar-refractivity contribution in [3.05, 3.63) is 69.6 Å². The van der Waals surface area contributed by atoms with Crippen molar-refractivity contribution in [1.82, 2.24) is 0 Å². The number of rotatable bonds is 4. The van der Waals surface area contributed by atoms with E-state index in [0.29, 0.717) is 11.1 Å². The smallest absolute Gasteiger partial charge is 0.267 e. The molecule has 0 heterocycles. The maximum Gasteiger partial charge on any atom is 0.267 e. The van der Waals surface area contributed by atoms with Crippen molar-refractivity contribution < 1.29 is 18.0 Å². The second kappa shape index (κ2) is 7.92. The van der Waals surface area contributed by atoms with Gasteiger partial charge in [-0.3, -0.25) is 4.79 Å². The molecule has 0 saturated heterocycles. The minimum atomic E-state index is -1.67. The minimum Gasteiger partial charge on any atom is -0.358 e. The Morgan fingerprint density at radius 3 is 2.40 bits per heavy atom. The first-order chi connectivity index (χ1) is 11.8. The van der Waals surface area contributed by atoms with Gasteiger partial charge >= 0.3 is 0 Å².